The van der Waals surface area contributed by atoms with E-state index in [4.69, 9.17) is 9.72 Å². The Morgan fingerprint density at radius 1 is 1.08 bits per heavy atom. The lowest BCUT2D eigenvalue weighted by Crippen LogP contribution is -2.21. The second-order valence-corrected chi connectivity index (χ2v) is 10.1. The number of esters is 1. The first-order valence-electron chi connectivity index (χ1n) is 12.3. The van der Waals surface area contributed by atoms with E-state index in [1.807, 2.05) is 60.0 Å². The van der Waals surface area contributed by atoms with E-state index in [9.17, 15) is 9.59 Å². The number of anilines is 1. The van der Waals surface area contributed by atoms with Crippen LogP contribution in [0.25, 0.3) is 22.6 Å². The Kier molecular flexibility index (Phi) is 6.96. The first kappa shape index (κ1) is 23.9. The summed E-state index contributed by atoms with van der Waals surface area (Å²) in [5.74, 6) is -0.397. The molecule has 5 nitrogen and oxygen atoms in total. The van der Waals surface area contributed by atoms with Crippen LogP contribution in [-0.2, 0) is 16.0 Å². The third-order valence-electron chi connectivity index (χ3n) is 6.72. The molecule has 0 saturated carbocycles. The van der Waals surface area contributed by atoms with Crippen molar-refractivity contribution in [1.82, 2.24) is 4.98 Å². The van der Waals surface area contributed by atoms with Gasteiger partial charge in [0.2, 0.25) is 0 Å². The summed E-state index contributed by atoms with van der Waals surface area (Å²) in [6, 6.07) is 19.5. The van der Waals surface area contributed by atoms with Crippen LogP contribution < -0.4 is 5.32 Å². The summed E-state index contributed by atoms with van der Waals surface area (Å²) >= 11 is 1.67. The number of para-hydroxylation sites is 1. The number of aromatic nitrogens is 1. The van der Waals surface area contributed by atoms with Gasteiger partial charge in [0, 0.05) is 16.0 Å². The minimum absolute atomic E-state index is 0.352. The summed E-state index contributed by atoms with van der Waals surface area (Å²) in [4.78, 5) is 31.9. The fraction of sp³-hybridized carbons (Fsp3) is 0.233. The molecule has 1 N–H and O–H groups in total. The molecule has 1 unspecified atom stereocenters. The predicted octanol–water partition coefficient (Wildman–Crippen LogP) is 7.09. The van der Waals surface area contributed by atoms with Crippen molar-refractivity contribution in [2.75, 3.05) is 11.9 Å². The summed E-state index contributed by atoms with van der Waals surface area (Å²) in [6.07, 6.45) is 4.72. The van der Waals surface area contributed by atoms with Gasteiger partial charge in [-0.15, -0.1) is 11.3 Å². The molecule has 0 radical (unpaired) electrons. The predicted molar refractivity (Wildman–Crippen MR) is 146 cm³/mol. The number of fused-ring (bicyclic) bond motifs is 2. The molecule has 1 amide bonds. The normalized spacial score (nSPS) is 14.6. The molecule has 36 heavy (non-hydrogen) atoms. The first-order valence-corrected chi connectivity index (χ1v) is 13.1. The number of rotatable bonds is 7. The number of benzene rings is 2. The molecule has 4 aromatic rings. The van der Waals surface area contributed by atoms with Crippen molar-refractivity contribution in [2.24, 2.45) is 0 Å². The van der Waals surface area contributed by atoms with Crippen LogP contribution in [0, 0.1) is 0 Å². The van der Waals surface area contributed by atoms with Gasteiger partial charge in [-0.3, -0.25) is 4.79 Å². The highest BCUT2D eigenvalue weighted by Crippen LogP contribution is 2.38. The number of hydrogen-bond acceptors (Lipinski definition) is 5. The Hall–Kier alpha value is -3.77. The molecule has 0 aliphatic heterocycles. The highest BCUT2D eigenvalue weighted by Gasteiger charge is 2.28. The fourth-order valence-electron chi connectivity index (χ4n) is 4.59. The van der Waals surface area contributed by atoms with Crippen molar-refractivity contribution in [3.63, 3.8) is 0 Å². The van der Waals surface area contributed by atoms with E-state index in [1.165, 1.54) is 5.56 Å². The van der Waals surface area contributed by atoms with Crippen LogP contribution in [0.5, 0.6) is 0 Å². The van der Waals surface area contributed by atoms with Crippen LogP contribution in [0.1, 0.15) is 64.7 Å². The molecule has 1 atom stereocenters. The van der Waals surface area contributed by atoms with Gasteiger partial charge in [0.05, 0.1) is 16.8 Å². The molecule has 6 heteroatoms. The third-order valence-corrected chi connectivity index (χ3v) is 7.54. The maximum atomic E-state index is 13.3. The molecule has 0 spiro atoms. The Morgan fingerprint density at radius 2 is 1.89 bits per heavy atom. The number of nitrogens with one attached hydrogen (secondary N) is 1. The number of carbonyl (C=O) groups excluding carboxylic acids is 2. The molecule has 2 aromatic heterocycles. The third kappa shape index (κ3) is 4.95. The number of amides is 1. The number of nitrogens with zero attached hydrogens (tertiary/aromatic N) is 1. The molecule has 1 aliphatic carbocycles. The van der Waals surface area contributed by atoms with Gasteiger partial charge in [-0.2, -0.15) is 0 Å². The van der Waals surface area contributed by atoms with Crippen LogP contribution in [0.15, 0.2) is 66.0 Å². The number of ether oxygens (including phenoxy) is 1. The standard InChI is InChI=1S/C30H28N2O3S/c1-3-19(2)20-10-13-22(14-11-20)31-27(33)18-35-30(34)28-24-8-4-5-9-26(24)32-29-21(12-15-25(28)29)17-23-7-6-16-36-23/h4-11,13-14,16-17,19H,3,12,15,18H2,1-2H3,(H,31,33). The Bertz CT molecular complexity index is 1440. The summed E-state index contributed by atoms with van der Waals surface area (Å²) in [7, 11) is 0. The van der Waals surface area contributed by atoms with Crippen LogP contribution >= 0.6 is 11.3 Å². The Labute approximate surface area is 214 Å². The Morgan fingerprint density at radius 3 is 2.64 bits per heavy atom. The number of pyridine rings is 1. The van der Waals surface area contributed by atoms with Crippen molar-refractivity contribution >= 4 is 51.5 Å². The highest BCUT2D eigenvalue weighted by molar-refractivity contribution is 7.10. The van der Waals surface area contributed by atoms with E-state index in [0.717, 1.165) is 45.5 Å². The summed E-state index contributed by atoms with van der Waals surface area (Å²) in [5.41, 5.74) is 6.02. The van der Waals surface area contributed by atoms with Crippen LogP contribution in [0.2, 0.25) is 0 Å². The van der Waals surface area contributed by atoms with E-state index in [2.05, 4.69) is 31.3 Å². The number of hydrogen-bond donors (Lipinski definition) is 1. The van der Waals surface area contributed by atoms with Crippen molar-refractivity contribution in [1.29, 1.82) is 0 Å². The second kappa shape index (κ2) is 10.5. The van der Waals surface area contributed by atoms with E-state index in [1.54, 1.807) is 11.3 Å². The van der Waals surface area contributed by atoms with E-state index < -0.39 is 5.97 Å². The SMILES string of the molecule is CCC(C)c1ccc(NC(=O)COC(=O)c2c3c(nc4ccccc24)C(=Cc2cccs2)CC3)cc1. The minimum Gasteiger partial charge on any atom is -0.452 e. The van der Waals surface area contributed by atoms with Crippen LogP contribution in [0.4, 0.5) is 5.69 Å². The van der Waals surface area contributed by atoms with Gasteiger partial charge in [-0.1, -0.05) is 50.2 Å². The molecule has 5 rings (SSSR count). The van der Waals surface area contributed by atoms with Crippen LogP contribution in [-0.4, -0.2) is 23.5 Å². The lowest BCUT2D eigenvalue weighted by Gasteiger charge is -2.13. The zero-order valence-corrected chi connectivity index (χ0v) is 21.2. The molecule has 0 saturated heterocycles. The molecule has 0 bridgehead atoms. The number of carbonyl (C=O) groups is 2. The molecular formula is C30H28N2O3S. The van der Waals surface area contributed by atoms with E-state index in [0.29, 0.717) is 23.6 Å². The lowest BCUT2D eigenvalue weighted by atomic mass is 9.99. The molecular weight excluding hydrogens is 468 g/mol. The first-order chi connectivity index (χ1) is 17.5. The van der Waals surface area contributed by atoms with Crippen LogP contribution in [0.3, 0.4) is 0 Å². The highest BCUT2D eigenvalue weighted by atomic mass is 32.1. The molecule has 2 heterocycles. The average molecular weight is 497 g/mol. The van der Waals surface area contributed by atoms with E-state index >= 15 is 0 Å². The quantitative estimate of drug-likeness (QED) is 0.277. The fourth-order valence-corrected chi connectivity index (χ4v) is 5.27. The molecule has 0 fully saturated rings. The lowest BCUT2D eigenvalue weighted by molar-refractivity contribution is -0.119. The summed E-state index contributed by atoms with van der Waals surface area (Å²) in [6.45, 7) is 3.97. The number of allylic oxidation sites excluding steroid dienone is 1. The van der Waals surface area contributed by atoms with Crippen molar-refractivity contribution in [3.8, 4) is 0 Å². The number of thiophene rings is 1. The molecule has 2 aromatic carbocycles. The summed E-state index contributed by atoms with van der Waals surface area (Å²) < 4.78 is 5.52. The smallest absolute Gasteiger partial charge is 0.339 e. The van der Waals surface area contributed by atoms with Gasteiger partial charge in [-0.05, 0) is 77.6 Å². The minimum atomic E-state index is -0.496. The van der Waals surface area contributed by atoms with Crippen molar-refractivity contribution < 1.29 is 14.3 Å². The van der Waals surface area contributed by atoms with Gasteiger partial charge >= 0.3 is 5.97 Å². The van der Waals surface area contributed by atoms with Gasteiger partial charge in [0.25, 0.3) is 5.91 Å². The summed E-state index contributed by atoms with van der Waals surface area (Å²) in [5, 5.41) is 5.61. The maximum Gasteiger partial charge on any atom is 0.339 e. The maximum absolute atomic E-state index is 13.3. The van der Waals surface area contributed by atoms with Crippen molar-refractivity contribution in [2.45, 2.75) is 39.0 Å². The second-order valence-electron chi connectivity index (χ2n) is 9.07. The van der Waals surface area contributed by atoms with Gasteiger partial charge < -0.3 is 10.1 Å². The van der Waals surface area contributed by atoms with Gasteiger partial charge in [0.15, 0.2) is 6.61 Å². The zero-order valence-electron chi connectivity index (χ0n) is 20.4. The monoisotopic (exact) mass is 496 g/mol. The molecule has 1 aliphatic rings. The van der Waals surface area contributed by atoms with E-state index in [-0.39, 0.29) is 12.5 Å². The van der Waals surface area contributed by atoms with Crippen molar-refractivity contribution in [3.05, 3.63) is 93.3 Å². The Balaban J connectivity index is 1.35. The van der Waals surface area contributed by atoms with Gasteiger partial charge in [-0.25, -0.2) is 9.78 Å². The largest absolute Gasteiger partial charge is 0.452 e. The molecule has 182 valence electrons. The van der Waals surface area contributed by atoms with Gasteiger partial charge in [0.1, 0.15) is 0 Å². The zero-order chi connectivity index (χ0) is 25.1. The topological polar surface area (TPSA) is 68.3 Å². The average Bonchev–Trinajstić information content (AvgIpc) is 3.56.